The second-order valence-electron chi connectivity index (χ2n) is 3.15. The van der Waals surface area contributed by atoms with E-state index in [0.29, 0.717) is 5.75 Å². The van der Waals surface area contributed by atoms with Crippen LogP contribution in [0.3, 0.4) is 0 Å². The first-order valence-electron chi connectivity index (χ1n) is 4.46. The van der Waals surface area contributed by atoms with Crippen molar-refractivity contribution in [3.63, 3.8) is 0 Å². The highest BCUT2D eigenvalue weighted by molar-refractivity contribution is 7.98. The summed E-state index contributed by atoms with van der Waals surface area (Å²) < 4.78 is 0. The SMILES string of the molecule is NC(=O)C(N)CSCc1ccc(Cl)cc1. The van der Waals surface area contributed by atoms with Crippen molar-refractivity contribution in [3.8, 4) is 0 Å². The summed E-state index contributed by atoms with van der Waals surface area (Å²) in [5.74, 6) is 0.884. The average Bonchev–Trinajstić information content (AvgIpc) is 2.20. The Bertz CT molecular complexity index is 329. The van der Waals surface area contributed by atoms with E-state index < -0.39 is 11.9 Å². The molecule has 1 rings (SSSR count). The highest BCUT2D eigenvalue weighted by Gasteiger charge is 2.08. The van der Waals surface area contributed by atoms with Gasteiger partial charge in [-0.25, -0.2) is 0 Å². The molecule has 0 aliphatic heterocycles. The van der Waals surface area contributed by atoms with Gasteiger partial charge in [0, 0.05) is 16.5 Å². The van der Waals surface area contributed by atoms with Crippen molar-refractivity contribution in [2.75, 3.05) is 5.75 Å². The number of hydrogen-bond donors (Lipinski definition) is 2. The van der Waals surface area contributed by atoms with E-state index in [4.69, 9.17) is 23.1 Å². The number of halogens is 1. The molecule has 0 aliphatic rings. The third-order valence-corrected chi connectivity index (χ3v) is 3.23. The molecule has 1 unspecified atom stereocenters. The maximum atomic E-state index is 10.7. The van der Waals surface area contributed by atoms with E-state index in [1.54, 1.807) is 11.8 Å². The van der Waals surface area contributed by atoms with Crippen molar-refractivity contribution < 1.29 is 4.79 Å². The lowest BCUT2D eigenvalue weighted by Gasteiger charge is -2.06. The summed E-state index contributed by atoms with van der Waals surface area (Å²) in [7, 11) is 0. The van der Waals surface area contributed by atoms with Crippen LogP contribution in [-0.2, 0) is 10.5 Å². The van der Waals surface area contributed by atoms with Gasteiger partial charge in [-0.3, -0.25) is 4.79 Å². The van der Waals surface area contributed by atoms with Gasteiger partial charge in [-0.15, -0.1) is 0 Å². The Morgan fingerprint density at radius 3 is 2.53 bits per heavy atom. The van der Waals surface area contributed by atoms with Crippen LogP contribution < -0.4 is 11.5 Å². The van der Waals surface area contributed by atoms with E-state index >= 15 is 0 Å². The largest absolute Gasteiger partial charge is 0.368 e. The van der Waals surface area contributed by atoms with Crippen LogP contribution in [0.2, 0.25) is 5.02 Å². The normalized spacial score (nSPS) is 12.4. The minimum atomic E-state index is -0.567. The highest BCUT2D eigenvalue weighted by atomic mass is 35.5. The molecule has 0 aliphatic carbocycles. The third-order valence-electron chi connectivity index (χ3n) is 1.84. The standard InChI is InChI=1S/C10H13ClN2OS/c11-8-3-1-7(2-4-8)5-15-6-9(12)10(13)14/h1-4,9H,5-6,12H2,(H2,13,14). The molecule has 1 atom stereocenters. The monoisotopic (exact) mass is 244 g/mol. The van der Waals surface area contributed by atoms with Gasteiger partial charge >= 0.3 is 0 Å². The Kier molecular flexibility index (Phi) is 4.94. The Morgan fingerprint density at radius 2 is 2.00 bits per heavy atom. The molecule has 0 radical (unpaired) electrons. The lowest BCUT2D eigenvalue weighted by atomic mass is 10.2. The highest BCUT2D eigenvalue weighted by Crippen LogP contribution is 2.15. The van der Waals surface area contributed by atoms with Crippen molar-refractivity contribution >= 4 is 29.3 Å². The molecule has 3 nitrogen and oxygen atoms in total. The molecular formula is C10H13ClN2OS. The number of rotatable bonds is 5. The predicted molar refractivity (Wildman–Crippen MR) is 64.8 cm³/mol. The molecule has 0 saturated carbocycles. The van der Waals surface area contributed by atoms with Crippen molar-refractivity contribution in [1.82, 2.24) is 0 Å². The maximum absolute atomic E-state index is 10.7. The van der Waals surface area contributed by atoms with Gasteiger partial charge in [0.25, 0.3) is 0 Å². The van der Waals surface area contributed by atoms with Gasteiger partial charge in [0.15, 0.2) is 0 Å². The van der Waals surface area contributed by atoms with Gasteiger partial charge in [0.1, 0.15) is 0 Å². The van der Waals surface area contributed by atoms with Crippen LogP contribution in [0.25, 0.3) is 0 Å². The molecule has 4 N–H and O–H groups in total. The molecule has 0 spiro atoms. The molecule has 0 bridgehead atoms. The van der Waals surface area contributed by atoms with Gasteiger partial charge in [-0.2, -0.15) is 11.8 Å². The number of amides is 1. The van der Waals surface area contributed by atoms with E-state index in [1.165, 1.54) is 0 Å². The number of carbonyl (C=O) groups is 1. The average molecular weight is 245 g/mol. The molecule has 0 saturated heterocycles. The van der Waals surface area contributed by atoms with Gasteiger partial charge in [0.2, 0.25) is 5.91 Å². The lowest BCUT2D eigenvalue weighted by Crippen LogP contribution is -2.38. The third kappa shape index (κ3) is 4.55. The van der Waals surface area contributed by atoms with Crippen molar-refractivity contribution in [2.45, 2.75) is 11.8 Å². The number of benzene rings is 1. The minimum Gasteiger partial charge on any atom is -0.368 e. The topological polar surface area (TPSA) is 69.1 Å². The molecule has 15 heavy (non-hydrogen) atoms. The molecule has 5 heteroatoms. The molecule has 0 heterocycles. The number of nitrogens with two attached hydrogens (primary N) is 2. The summed E-state index contributed by atoms with van der Waals surface area (Å²) in [6.07, 6.45) is 0. The van der Waals surface area contributed by atoms with E-state index in [0.717, 1.165) is 16.3 Å². The van der Waals surface area contributed by atoms with Crippen LogP contribution in [-0.4, -0.2) is 17.7 Å². The van der Waals surface area contributed by atoms with Crippen LogP contribution in [0.1, 0.15) is 5.56 Å². The Labute approximate surface area is 98.2 Å². The van der Waals surface area contributed by atoms with Crippen LogP contribution in [0.5, 0.6) is 0 Å². The molecule has 1 aromatic rings. The molecule has 0 aromatic heterocycles. The number of hydrogen-bond acceptors (Lipinski definition) is 3. The fourth-order valence-corrected chi connectivity index (χ4v) is 2.06. The second-order valence-corrected chi connectivity index (χ2v) is 4.62. The van der Waals surface area contributed by atoms with Gasteiger partial charge in [-0.1, -0.05) is 23.7 Å². The smallest absolute Gasteiger partial charge is 0.235 e. The summed E-state index contributed by atoms with van der Waals surface area (Å²) in [5.41, 5.74) is 11.7. The van der Waals surface area contributed by atoms with Crippen LogP contribution in [0.4, 0.5) is 0 Å². The second kappa shape index (κ2) is 6.00. The Morgan fingerprint density at radius 1 is 1.40 bits per heavy atom. The van der Waals surface area contributed by atoms with E-state index in [2.05, 4.69) is 0 Å². The van der Waals surface area contributed by atoms with Crippen LogP contribution in [0.15, 0.2) is 24.3 Å². The number of thioether (sulfide) groups is 1. The summed E-state index contributed by atoms with van der Waals surface area (Å²) >= 11 is 7.33. The quantitative estimate of drug-likeness (QED) is 0.822. The van der Waals surface area contributed by atoms with Crippen molar-refractivity contribution in [3.05, 3.63) is 34.9 Å². The first-order chi connectivity index (χ1) is 7.09. The van der Waals surface area contributed by atoms with Gasteiger partial charge in [-0.05, 0) is 17.7 Å². The van der Waals surface area contributed by atoms with Crippen molar-refractivity contribution in [2.24, 2.45) is 11.5 Å². The fourth-order valence-electron chi connectivity index (χ4n) is 0.967. The Balaban J connectivity index is 2.32. The minimum absolute atomic E-state index is 0.460. The summed E-state index contributed by atoms with van der Waals surface area (Å²) in [5, 5.41) is 0.720. The summed E-state index contributed by atoms with van der Waals surface area (Å²) in [4.78, 5) is 10.7. The lowest BCUT2D eigenvalue weighted by molar-refractivity contribution is -0.118. The molecule has 82 valence electrons. The molecule has 1 amide bonds. The zero-order chi connectivity index (χ0) is 11.3. The zero-order valence-corrected chi connectivity index (χ0v) is 9.72. The maximum Gasteiger partial charge on any atom is 0.235 e. The first-order valence-corrected chi connectivity index (χ1v) is 6.00. The summed E-state index contributed by atoms with van der Waals surface area (Å²) in [6.45, 7) is 0. The van der Waals surface area contributed by atoms with Gasteiger partial charge < -0.3 is 11.5 Å². The zero-order valence-electron chi connectivity index (χ0n) is 8.15. The molecule has 0 fully saturated rings. The molecule has 1 aromatic carbocycles. The Hall–Kier alpha value is -0.710. The number of primary amides is 1. The summed E-state index contributed by atoms with van der Waals surface area (Å²) in [6, 6.07) is 7.01. The van der Waals surface area contributed by atoms with Gasteiger partial charge in [0.05, 0.1) is 6.04 Å². The first kappa shape index (κ1) is 12.4. The van der Waals surface area contributed by atoms with Crippen LogP contribution >= 0.6 is 23.4 Å². The molecular weight excluding hydrogens is 232 g/mol. The van der Waals surface area contributed by atoms with Crippen molar-refractivity contribution in [1.29, 1.82) is 0 Å². The number of carbonyl (C=O) groups excluding carboxylic acids is 1. The van der Waals surface area contributed by atoms with E-state index in [1.807, 2.05) is 24.3 Å². The van der Waals surface area contributed by atoms with E-state index in [9.17, 15) is 4.79 Å². The van der Waals surface area contributed by atoms with E-state index in [-0.39, 0.29) is 0 Å². The predicted octanol–water partition coefficient (Wildman–Crippen LogP) is 1.39. The fraction of sp³-hybridized carbons (Fsp3) is 0.300. The van der Waals surface area contributed by atoms with Crippen LogP contribution in [0, 0.1) is 0 Å².